The van der Waals surface area contributed by atoms with E-state index in [1.54, 1.807) is 18.2 Å². The van der Waals surface area contributed by atoms with E-state index in [1.165, 1.54) is 11.0 Å². The fourth-order valence-corrected chi connectivity index (χ4v) is 4.43. The molecular weight excluding hydrogens is 440 g/mol. The van der Waals surface area contributed by atoms with Crippen LogP contribution >= 0.6 is 0 Å². The van der Waals surface area contributed by atoms with Crippen molar-refractivity contribution in [3.63, 3.8) is 0 Å². The second kappa shape index (κ2) is 9.23. The molecule has 0 aliphatic carbocycles. The van der Waals surface area contributed by atoms with Gasteiger partial charge in [-0.2, -0.15) is 4.68 Å². The summed E-state index contributed by atoms with van der Waals surface area (Å²) < 4.78 is 6.46. The first kappa shape index (κ1) is 22.0. The lowest BCUT2D eigenvalue weighted by molar-refractivity contribution is 0.0534. The summed E-state index contributed by atoms with van der Waals surface area (Å²) >= 11 is 0. The zero-order valence-corrected chi connectivity index (χ0v) is 18.6. The molecule has 5 rings (SSSR count). The molecule has 1 amide bonds. The summed E-state index contributed by atoms with van der Waals surface area (Å²) in [5.41, 5.74) is 3.39. The van der Waals surface area contributed by atoms with Crippen molar-refractivity contribution in [2.75, 3.05) is 19.6 Å². The Labute approximate surface area is 194 Å². The van der Waals surface area contributed by atoms with Gasteiger partial charge in [0.15, 0.2) is 11.5 Å². The van der Waals surface area contributed by atoms with Gasteiger partial charge in [-0.05, 0) is 59.5 Å². The van der Waals surface area contributed by atoms with Crippen molar-refractivity contribution in [2.24, 2.45) is 0 Å². The van der Waals surface area contributed by atoms with Crippen molar-refractivity contribution < 1.29 is 19.4 Å². The SMILES string of the molecule is Cc1c([C@@H](O)CN2CCC(NC(=O)c3ccc(-n4cnnn4)nn3)CC2)ccc2c1COC2=O. The molecule has 1 aromatic carbocycles. The molecule has 4 heterocycles. The van der Waals surface area contributed by atoms with Gasteiger partial charge in [0.2, 0.25) is 0 Å². The van der Waals surface area contributed by atoms with E-state index in [-0.39, 0.29) is 30.2 Å². The van der Waals surface area contributed by atoms with Crippen molar-refractivity contribution in [3.8, 4) is 5.82 Å². The van der Waals surface area contributed by atoms with E-state index < -0.39 is 6.10 Å². The summed E-state index contributed by atoms with van der Waals surface area (Å²) in [5, 5.41) is 32.6. The predicted octanol–water partition coefficient (Wildman–Crippen LogP) is 0.359. The summed E-state index contributed by atoms with van der Waals surface area (Å²) in [6.07, 6.45) is 2.26. The highest BCUT2D eigenvalue weighted by atomic mass is 16.5. The highest BCUT2D eigenvalue weighted by Gasteiger charge is 2.28. The van der Waals surface area contributed by atoms with Crippen molar-refractivity contribution in [3.05, 3.63) is 58.5 Å². The maximum atomic E-state index is 12.6. The van der Waals surface area contributed by atoms with Crippen LogP contribution in [-0.2, 0) is 11.3 Å². The molecule has 2 N–H and O–H groups in total. The minimum absolute atomic E-state index is 0.0202. The number of aromatic nitrogens is 6. The number of tetrazole rings is 1. The number of hydrogen-bond acceptors (Lipinski definition) is 10. The maximum absolute atomic E-state index is 12.6. The Morgan fingerprint density at radius 3 is 2.76 bits per heavy atom. The van der Waals surface area contributed by atoms with Gasteiger partial charge in [0.1, 0.15) is 12.9 Å². The number of amides is 1. The van der Waals surface area contributed by atoms with E-state index in [0.717, 1.165) is 42.6 Å². The van der Waals surface area contributed by atoms with Gasteiger partial charge in [-0.1, -0.05) is 6.07 Å². The standard InChI is InChI=1S/C22H24N8O4/c1-13-15(2-3-16-17(13)11-34-22(16)33)19(31)10-29-8-6-14(7-9-29)24-21(32)18-4-5-20(26-25-18)30-12-23-27-28-30/h2-5,12,14,19,31H,6-11H2,1H3,(H,24,32)/t19-/m0/s1. The van der Waals surface area contributed by atoms with Crippen LogP contribution in [0.25, 0.3) is 5.82 Å². The van der Waals surface area contributed by atoms with E-state index >= 15 is 0 Å². The second-order valence-corrected chi connectivity index (χ2v) is 8.48. The Bertz CT molecular complexity index is 1190. The van der Waals surface area contributed by atoms with Crippen LogP contribution in [0.4, 0.5) is 0 Å². The van der Waals surface area contributed by atoms with Crippen LogP contribution < -0.4 is 5.32 Å². The number of ether oxygens (including phenoxy) is 1. The molecule has 0 saturated carbocycles. The summed E-state index contributed by atoms with van der Waals surface area (Å²) in [6, 6.07) is 6.78. The number of nitrogens with zero attached hydrogens (tertiary/aromatic N) is 7. The highest BCUT2D eigenvalue weighted by Crippen LogP contribution is 2.29. The van der Waals surface area contributed by atoms with Crippen LogP contribution in [0.1, 0.15) is 56.5 Å². The number of benzene rings is 1. The molecule has 2 aromatic heterocycles. The third kappa shape index (κ3) is 4.37. The number of cyclic esters (lactones) is 1. The number of carbonyl (C=O) groups is 2. The average molecular weight is 464 g/mol. The lowest BCUT2D eigenvalue weighted by atomic mass is 9.94. The van der Waals surface area contributed by atoms with Gasteiger partial charge in [0.05, 0.1) is 11.7 Å². The number of β-amino-alcohol motifs (C(OH)–C–C–N with tert-alkyl or cyclic N) is 1. The van der Waals surface area contributed by atoms with Gasteiger partial charge >= 0.3 is 5.97 Å². The number of aliphatic hydroxyl groups is 1. The minimum Gasteiger partial charge on any atom is -0.457 e. The van der Waals surface area contributed by atoms with Crippen LogP contribution in [0.3, 0.4) is 0 Å². The van der Waals surface area contributed by atoms with E-state index in [4.69, 9.17) is 4.74 Å². The van der Waals surface area contributed by atoms with Crippen LogP contribution in [0.15, 0.2) is 30.6 Å². The number of esters is 1. The Morgan fingerprint density at radius 1 is 1.24 bits per heavy atom. The number of likely N-dealkylation sites (tertiary alicyclic amines) is 1. The van der Waals surface area contributed by atoms with Gasteiger partial charge < -0.3 is 20.1 Å². The van der Waals surface area contributed by atoms with E-state index in [0.29, 0.717) is 17.9 Å². The van der Waals surface area contributed by atoms with Crippen molar-refractivity contribution in [2.45, 2.75) is 38.5 Å². The molecule has 3 aromatic rings. The normalized spacial score (nSPS) is 17.3. The maximum Gasteiger partial charge on any atom is 0.338 e. The number of fused-ring (bicyclic) bond motifs is 1. The monoisotopic (exact) mass is 464 g/mol. The lowest BCUT2D eigenvalue weighted by Gasteiger charge is -2.33. The summed E-state index contributed by atoms with van der Waals surface area (Å²) in [6.45, 7) is 4.16. The van der Waals surface area contributed by atoms with E-state index in [9.17, 15) is 14.7 Å². The third-order valence-electron chi connectivity index (χ3n) is 6.39. The Kier molecular flexibility index (Phi) is 5.99. The molecule has 1 saturated heterocycles. The molecular formula is C22H24N8O4. The van der Waals surface area contributed by atoms with Crippen LogP contribution in [-0.4, -0.2) is 78.0 Å². The molecule has 0 spiro atoms. The molecule has 0 radical (unpaired) electrons. The number of carbonyl (C=O) groups excluding carboxylic acids is 2. The number of rotatable bonds is 6. The Morgan fingerprint density at radius 2 is 2.06 bits per heavy atom. The fourth-order valence-electron chi connectivity index (χ4n) is 4.43. The molecule has 176 valence electrons. The van der Waals surface area contributed by atoms with E-state index in [2.05, 4.69) is 35.9 Å². The van der Waals surface area contributed by atoms with Crippen LogP contribution in [0, 0.1) is 6.92 Å². The molecule has 0 bridgehead atoms. The summed E-state index contributed by atoms with van der Waals surface area (Å²) in [5.74, 6) is -0.163. The number of piperidine rings is 1. The van der Waals surface area contributed by atoms with Crippen molar-refractivity contribution in [1.82, 2.24) is 40.6 Å². The topological polar surface area (TPSA) is 148 Å². The summed E-state index contributed by atoms with van der Waals surface area (Å²) in [4.78, 5) is 26.5. The van der Waals surface area contributed by atoms with Crippen LogP contribution in [0.5, 0.6) is 0 Å². The molecule has 12 nitrogen and oxygen atoms in total. The molecule has 2 aliphatic rings. The van der Waals surface area contributed by atoms with Gasteiger partial charge in [-0.15, -0.1) is 15.3 Å². The molecule has 2 aliphatic heterocycles. The highest BCUT2D eigenvalue weighted by molar-refractivity contribution is 5.94. The van der Waals surface area contributed by atoms with Crippen LogP contribution in [0.2, 0.25) is 0 Å². The smallest absolute Gasteiger partial charge is 0.338 e. The van der Waals surface area contributed by atoms with Crippen molar-refractivity contribution in [1.29, 1.82) is 0 Å². The number of aliphatic hydroxyl groups excluding tert-OH is 1. The number of nitrogens with one attached hydrogen (secondary N) is 1. The molecule has 0 unspecified atom stereocenters. The van der Waals surface area contributed by atoms with Crippen molar-refractivity contribution >= 4 is 11.9 Å². The van der Waals surface area contributed by atoms with E-state index in [1.807, 2.05) is 13.0 Å². The molecule has 1 fully saturated rings. The molecule has 12 heteroatoms. The summed E-state index contributed by atoms with van der Waals surface area (Å²) in [7, 11) is 0. The zero-order chi connectivity index (χ0) is 23.7. The second-order valence-electron chi connectivity index (χ2n) is 8.48. The zero-order valence-electron chi connectivity index (χ0n) is 18.6. The lowest BCUT2D eigenvalue weighted by Crippen LogP contribution is -2.45. The number of hydrogen-bond donors (Lipinski definition) is 2. The first-order chi connectivity index (χ1) is 16.5. The average Bonchev–Trinajstić information content (AvgIpc) is 3.51. The first-order valence-electron chi connectivity index (χ1n) is 11.1. The predicted molar refractivity (Wildman–Crippen MR) is 117 cm³/mol. The molecule has 34 heavy (non-hydrogen) atoms. The van der Waals surface area contributed by atoms with Gasteiger partial charge in [0, 0.05) is 31.2 Å². The van der Waals surface area contributed by atoms with Gasteiger partial charge in [-0.25, -0.2) is 4.79 Å². The minimum atomic E-state index is -0.666. The fraction of sp³-hybridized carbons (Fsp3) is 0.409. The third-order valence-corrected chi connectivity index (χ3v) is 6.39. The molecule has 1 atom stereocenters. The first-order valence-corrected chi connectivity index (χ1v) is 11.1. The quantitative estimate of drug-likeness (QED) is 0.490. The Hall–Kier alpha value is -3.77. The Balaban J connectivity index is 1.13. The van der Waals surface area contributed by atoms with Gasteiger partial charge in [0.25, 0.3) is 5.91 Å². The largest absolute Gasteiger partial charge is 0.457 e. The van der Waals surface area contributed by atoms with Gasteiger partial charge in [-0.3, -0.25) is 4.79 Å².